The summed E-state index contributed by atoms with van der Waals surface area (Å²) < 4.78 is 0. The van der Waals surface area contributed by atoms with Gasteiger partial charge in [0.2, 0.25) is 0 Å². The van der Waals surface area contributed by atoms with Crippen molar-refractivity contribution in [2.24, 2.45) is 0 Å². The van der Waals surface area contributed by atoms with E-state index in [4.69, 9.17) is 11.6 Å². The normalized spacial score (nSPS) is 17.1. The molecule has 1 atom stereocenters. The van der Waals surface area contributed by atoms with Crippen molar-refractivity contribution in [2.75, 3.05) is 16.3 Å². The Hall–Kier alpha value is -3.10. The minimum atomic E-state index is -0.587. The average molecular weight is 349 g/mol. The number of fused-ring (bicyclic) bond motifs is 1. The number of halogens is 1. The molecule has 1 aromatic heterocycles. The molecule has 1 unspecified atom stereocenters. The lowest BCUT2D eigenvalue weighted by Gasteiger charge is -2.21. The Kier molecular flexibility index (Phi) is 3.75. The first-order chi connectivity index (χ1) is 12.2. The highest BCUT2D eigenvalue weighted by Gasteiger charge is 2.40. The largest absolute Gasteiger partial charge is 0.330 e. The molecule has 0 aliphatic carbocycles. The van der Waals surface area contributed by atoms with Crippen molar-refractivity contribution in [1.29, 1.82) is 5.26 Å². The summed E-state index contributed by atoms with van der Waals surface area (Å²) in [5, 5.41) is 12.0. The highest BCUT2D eigenvalue weighted by atomic mass is 35.5. The number of carbonyl (C=O) groups is 1. The Balaban J connectivity index is 1.80. The number of hydrogen-bond donors (Lipinski definition) is 0. The fourth-order valence-electron chi connectivity index (χ4n) is 3.09. The number of hydrogen-bond acceptors (Lipinski definition) is 3. The molecule has 122 valence electrons. The van der Waals surface area contributed by atoms with Crippen LogP contribution in [0.5, 0.6) is 0 Å². The number of nitrogens with zero attached hydrogens (tertiary/aromatic N) is 4. The molecule has 2 aromatic carbocycles. The molecule has 0 radical (unpaired) electrons. The zero-order chi connectivity index (χ0) is 17.4. The summed E-state index contributed by atoms with van der Waals surface area (Å²) in [6, 6.07) is 16.1. The van der Waals surface area contributed by atoms with Crippen molar-refractivity contribution in [1.82, 2.24) is 4.98 Å². The minimum absolute atomic E-state index is 0.243. The molecule has 6 heteroatoms. The Labute approximate surface area is 149 Å². The Morgan fingerprint density at radius 1 is 1.12 bits per heavy atom. The van der Waals surface area contributed by atoms with Crippen LogP contribution in [-0.2, 0) is 0 Å². The molecule has 0 N–H and O–H groups in total. The van der Waals surface area contributed by atoms with Crippen molar-refractivity contribution >= 4 is 39.8 Å². The van der Waals surface area contributed by atoms with Crippen molar-refractivity contribution in [2.45, 2.75) is 6.04 Å². The van der Waals surface area contributed by atoms with Crippen LogP contribution >= 0.6 is 11.6 Å². The quantitative estimate of drug-likeness (QED) is 0.696. The SMILES string of the molecule is N#CC1CN(c2ccc(Cl)cc2)C(=O)N1c1cncc2ccccc12. The monoisotopic (exact) mass is 348 g/mol. The summed E-state index contributed by atoms with van der Waals surface area (Å²) in [5.41, 5.74) is 1.36. The van der Waals surface area contributed by atoms with E-state index in [1.54, 1.807) is 41.6 Å². The lowest BCUT2D eigenvalue weighted by Crippen LogP contribution is -2.34. The van der Waals surface area contributed by atoms with Crippen LogP contribution in [0.1, 0.15) is 0 Å². The molecule has 1 fully saturated rings. The molecule has 2 heterocycles. The van der Waals surface area contributed by atoms with Gasteiger partial charge in [-0.1, -0.05) is 35.9 Å². The van der Waals surface area contributed by atoms with Crippen LogP contribution in [0.15, 0.2) is 60.9 Å². The number of benzene rings is 2. The van der Waals surface area contributed by atoms with Gasteiger partial charge in [0.05, 0.1) is 24.5 Å². The van der Waals surface area contributed by atoms with Gasteiger partial charge in [0.15, 0.2) is 0 Å². The first-order valence-electron chi connectivity index (χ1n) is 7.77. The van der Waals surface area contributed by atoms with Gasteiger partial charge >= 0.3 is 6.03 Å². The Morgan fingerprint density at radius 2 is 1.88 bits per heavy atom. The number of rotatable bonds is 2. The zero-order valence-electron chi connectivity index (χ0n) is 13.1. The van der Waals surface area contributed by atoms with Crippen molar-refractivity contribution < 1.29 is 4.79 Å². The number of amides is 2. The van der Waals surface area contributed by atoms with Gasteiger partial charge < -0.3 is 0 Å². The zero-order valence-corrected chi connectivity index (χ0v) is 13.9. The fraction of sp³-hybridized carbons (Fsp3) is 0.105. The van der Waals surface area contributed by atoms with E-state index in [0.29, 0.717) is 22.9 Å². The molecule has 1 aliphatic heterocycles. The van der Waals surface area contributed by atoms with E-state index < -0.39 is 6.04 Å². The lowest BCUT2D eigenvalue weighted by molar-refractivity contribution is 0.255. The van der Waals surface area contributed by atoms with Gasteiger partial charge in [0.25, 0.3) is 0 Å². The highest BCUT2D eigenvalue weighted by Crippen LogP contribution is 2.33. The van der Waals surface area contributed by atoms with Crippen LogP contribution in [-0.4, -0.2) is 23.6 Å². The second-order valence-electron chi connectivity index (χ2n) is 5.76. The van der Waals surface area contributed by atoms with E-state index in [-0.39, 0.29) is 6.03 Å². The van der Waals surface area contributed by atoms with Crippen molar-refractivity contribution in [3.63, 3.8) is 0 Å². The first kappa shape index (κ1) is 15.4. The van der Waals surface area contributed by atoms with E-state index in [1.165, 1.54) is 4.90 Å². The first-order valence-corrected chi connectivity index (χ1v) is 8.15. The maximum Gasteiger partial charge on any atom is 0.330 e. The second-order valence-corrected chi connectivity index (χ2v) is 6.20. The van der Waals surface area contributed by atoms with Crippen LogP contribution in [0.25, 0.3) is 10.8 Å². The van der Waals surface area contributed by atoms with Crippen LogP contribution in [0.2, 0.25) is 5.02 Å². The number of carbonyl (C=O) groups excluding carboxylic acids is 1. The van der Waals surface area contributed by atoms with Gasteiger partial charge in [-0.2, -0.15) is 5.26 Å². The smallest absolute Gasteiger partial charge is 0.291 e. The van der Waals surface area contributed by atoms with Gasteiger partial charge in [-0.25, -0.2) is 4.79 Å². The molecule has 0 bridgehead atoms. The number of nitriles is 1. The van der Waals surface area contributed by atoms with Crippen LogP contribution in [0.4, 0.5) is 16.2 Å². The number of urea groups is 1. The van der Waals surface area contributed by atoms with Gasteiger partial charge in [0, 0.05) is 27.7 Å². The summed E-state index contributed by atoms with van der Waals surface area (Å²) in [7, 11) is 0. The maximum absolute atomic E-state index is 13.0. The molecular weight excluding hydrogens is 336 g/mol. The van der Waals surface area contributed by atoms with Gasteiger partial charge in [0.1, 0.15) is 6.04 Å². The van der Waals surface area contributed by atoms with Crippen LogP contribution in [0.3, 0.4) is 0 Å². The lowest BCUT2D eigenvalue weighted by atomic mass is 10.1. The van der Waals surface area contributed by atoms with E-state index in [2.05, 4.69) is 11.1 Å². The predicted molar refractivity (Wildman–Crippen MR) is 97.8 cm³/mol. The summed E-state index contributed by atoms with van der Waals surface area (Å²) in [5.74, 6) is 0. The Bertz CT molecular complexity index is 991. The topological polar surface area (TPSA) is 60.2 Å². The molecule has 0 spiro atoms. The summed E-state index contributed by atoms with van der Waals surface area (Å²) in [4.78, 5) is 20.4. The fourth-order valence-corrected chi connectivity index (χ4v) is 3.22. The van der Waals surface area contributed by atoms with Gasteiger partial charge in [-0.3, -0.25) is 14.8 Å². The van der Waals surface area contributed by atoms with Gasteiger partial charge in [-0.15, -0.1) is 0 Å². The third-order valence-corrected chi connectivity index (χ3v) is 4.55. The summed E-state index contributed by atoms with van der Waals surface area (Å²) >= 11 is 5.93. The van der Waals surface area contributed by atoms with Crippen LogP contribution in [0, 0.1) is 11.3 Å². The molecule has 4 rings (SSSR count). The average Bonchev–Trinajstić information content (AvgIpc) is 2.98. The minimum Gasteiger partial charge on any atom is -0.291 e. The summed E-state index contributed by atoms with van der Waals surface area (Å²) in [6.07, 6.45) is 3.38. The molecule has 3 aromatic rings. The van der Waals surface area contributed by atoms with E-state index in [0.717, 1.165) is 10.8 Å². The molecule has 5 nitrogen and oxygen atoms in total. The molecular formula is C19H13ClN4O. The third-order valence-electron chi connectivity index (χ3n) is 4.30. The highest BCUT2D eigenvalue weighted by molar-refractivity contribution is 6.30. The van der Waals surface area contributed by atoms with E-state index in [1.807, 2.05) is 24.3 Å². The summed E-state index contributed by atoms with van der Waals surface area (Å²) in [6.45, 7) is 0.292. The van der Waals surface area contributed by atoms with Crippen molar-refractivity contribution in [3.8, 4) is 6.07 Å². The Morgan fingerprint density at radius 3 is 2.64 bits per heavy atom. The van der Waals surface area contributed by atoms with Crippen molar-refractivity contribution in [3.05, 3.63) is 65.9 Å². The standard InChI is InChI=1S/C19H13ClN4O/c20-14-5-7-15(8-6-14)23-12-16(9-21)24(19(23)25)18-11-22-10-13-3-1-2-4-17(13)18/h1-8,10-11,16H,12H2. The molecule has 25 heavy (non-hydrogen) atoms. The molecule has 1 saturated heterocycles. The predicted octanol–water partition coefficient (Wildman–Crippen LogP) is 4.23. The number of anilines is 2. The van der Waals surface area contributed by atoms with Gasteiger partial charge in [-0.05, 0) is 24.3 Å². The second kappa shape index (κ2) is 6.08. The van der Waals surface area contributed by atoms with Crippen LogP contribution < -0.4 is 9.80 Å². The number of aromatic nitrogens is 1. The number of pyridine rings is 1. The maximum atomic E-state index is 13.0. The molecule has 2 amide bonds. The third kappa shape index (κ3) is 2.57. The van der Waals surface area contributed by atoms with E-state index >= 15 is 0 Å². The van der Waals surface area contributed by atoms with E-state index in [9.17, 15) is 10.1 Å². The molecule has 1 aliphatic rings. The molecule has 0 saturated carbocycles.